The number of halogens is 1. The Morgan fingerprint density at radius 1 is 0.793 bits per heavy atom. The van der Waals surface area contributed by atoms with Crippen LogP contribution < -0.4 is 15.6 Å². The molecule has 13 heteroatoms. The van der Waals surface area contributed by atoms with E-state index in [2.05, 4.69) is 51.8 Å². The number of benzene rings is 4. The molecule has 2 aromatic heterocycles. The highest BCUT2D eigenvalue weighted by atomic mass is 35.5. The summed E-state index contributed by atoms with van der Waals surface area (Å²) in [6.07, 6.45) is 12.2. The van der Waals surface area contributed by atoms with Crippen molar-refractivity contribution in [1.29, 1.82) is 0 Å². The van der Waals surface area contributed by atoms with Crippen LogP contribution in [-0.2, 0) is 11.3 Å². The molecular weight excluding hydrogens is 754 g/mol. The smallest absolute Gasteiger partial charge is 0.355 e. The number of hydrogen-bond acceptors (Lipinski definition) is 10. The van der Waals surface area contributed by atoms with E-state index in [4.69, 9.17) is 21.1 Å². The number of ether oxygens (including phenoxy) is 2. The van der Waals surface area contributed by atoms with Gasteiger partial charge in [-0.05, 0) is 52.2 Å². The van der Waals surface area contributed by atoms with Gasteiger partial charge in [0.15, 0.2) is 6.73 Å². The fraction of sp³-hybridized carbons (Fsp3) is 0.178. The SMILES string of the molecule is C=C1C2C=CC=C3C=CC=C(OCN1CC(COc1nnc(Cl)nn1)(CN1C(=O)c4cccc5cccc(c45)C1=O)Cn1c(=C)c4cccc5cccc(c1=O)c54)C32. The Kier molecular flexibility index (Phi) is 8.34. The second-order valence-electron chi connectivity index (χ2n) is 15.1. The van der Waals surface area contributed by atoms with Crippen molar-refractivity contribution < 1.29 is 19.1 Å². The van der Waals surface area contributed by atoms with E-state index in [1.165, 1.54) is 4.90 Å². The maximum atomic E-state index is 14.8. The fourth-order valence-electron chi connectivity index (χ4n) is 9.01. The van der Waals surface area contributed by atoms with E-state index in [0.717, 1.165) is 38.6 Å². The van der Waals surface area contributed by atoms with Crippen LogP contribution >= 0.6 is 11.6 Å². The van der Waals surface area contributed by atoms with Crippen molar-refractivity contribution in [1.82, 2.24) is 34.8 Å². The van der Waals surface area contributed by atoms with E-state index >= 15 is 0 Å². The maximum absolute atomic E-state index is 14.8. The average Bonchev–Trinajstić information content (AvgIpc) is 3.38. The lowest BCUT2D eigenvalue weighted by Gasteiger charge is -2.43. The number of imide groups is 1. The molecule has 4 aliphatic rings. The second kappa shape index (κ2) is 13.6. The first-order valence-corrected chi connectivity index (χ1v) is 19.2. The normalized spacial score (nSPS) is 19.5. The van der Waals surface area contributed by atoms with Crippen LogP contribution in [0.4, 0.5) is 0 Å². The molecule has 12 nitrogen and oxygen atoms in total. The Morgan fingerprint density at radius 2 is 1.47 bits per heavy atom. The number of pyridine rings is 1. The summed E-state index contributed by atoms with van der Waals surface area (Å²) in [4.78, 5) is 47.3. The third-order valence-corrected chi connectivity index (χ3v) is 11.8. The van der Waals surface area contributed by atoms with Crippen molar-refractivity contribution in [3.8, 4) is 6.01 Å². The number of hydrogen-bond donors (Lipinski definition) is 0. The molecule has 4 heterocycles. The monoisotopic (exact) mass is 787 g/mol. The summed E-state index contributed by atoms with van der Waals surface area (Å²) in [5, 5.41) is 20.3. The zero-order valence-electron chi connectivity index (χ0n) is 31.0. The topological polar surface area (TPSA) is 133 Å². The van der Waals surface area contributed by atoms with Crippen molar-refractivity contribution in [2.24, 2.45) is 17.3 Å². The summed E-state index contributed by atoms with van der Waals surface area (Å²) < 4.78 is 14.5. The maximum Gasteiger partial charge on any atom is 0.355 e. The van der Waals surface area contributed by atoms with Crippen molar-refractivity contribution in [3.05, 3.63) is 165 Å². The average molecular weight is 788 g/mol. The Balaban J connectivity index is 1.15. The fourth-order valence-corrected chi connectivity index (χ4v) is 9.09. The summed E-state index contributed by atoms with van der Waals surface area (Å²) in [6.45, 7) is 8.79. The first-order chi connectivity index (χ1) is 28.2. The Labute approximate surface area is 336 Å². The molecular formula is C45H34ClN7O5. The lowest BCUT2D eigenvalue weighted by Crippen LogP contribution is -2.56. The van der Waals surface area contributed by atoms with Gasteiger partial charge in [0.2, 0.25) is 0 Å². The molecule has 4 aromatic carbocycles. The number of carbonyl (C=O) groups excluding carboxylic acids is 2. The third kappa shape index (κ3) is 5.70. The molecule has 3 atom stereocenters. The third-order valence-electron chi connectivity index (χ3n) is 11.7. The van der Waals surface area contributed by atoms with E-state index in [9.17, 15) is 14.4 Å². The molecule has 2 aliphatic carbocycles. The molecule has 0 N–H and O–H groups in total. The number of allylic oxidation sites excluding steroid dienone is 7. The minimum atomic E-state index is -1.29. The Hall–Kier alpha value is -6.92. The van der Waals surface area contributed by atoms with Crippen molar-refractivity contribution in [2.45, 2.75) is 6.54 Å². The van der Waals surface area contributed by atoms with Crippen LogP contribution in [0.5, 0.6) is 6.01 Å². The number of nitrogens with zero attached hydrogens (tertiary/aromatic N) is 7. The first kappa shape index (κ1) is 35.5. The Morgan fingerprint density at radius 3 is 2.19 bits per heavy atom. The van der Waals surface area contributed by atoms with Gasteiger partial charge >= 0.3 is 6.01 Å². The quantitative estimate of drug-likeness (QED) is 0.160. The number of aromatic nitrogens is 5. The summed E-state index contributed by atoms with van der Waals surface area (Å²) in [6, 6.07) is 22.1. The van der Waals surface area contributed by atoms with Gasteiger partial charge in [-0.1, -0.05) is 108 Å². The van der Waals surface area contributed by atoms with Crippen molar-refractivity contribution in [2.75, 3.05) is 26.4 Å². The van der Waals surface area contributed by atoms with Crippen LogP contribution in [0.15, 0.2) is 138 Å². The summed E-state index contributed by atoms with van der Waals surface area (Å²) in [5.74, 6) is -0.385. The van der Waals surface area contributed by atoms with Crippen LogP contribution in [0.25, 0.3) is 38.9 Å². The molecule has 58 heavy (non-hydrogen) atoms. The molecule has 286 valence electrons. The van der Waals surface area contributed by atoms with Gasteiger partial charge < -0.3 is 18.9 Å². The molecule has 1 fully saturated rings. The number of carbonyl (C=O) groups is 2. The largest absolute Gasteiger partial charge is 0.477 e. The van der Waals surface area contributed by atoms with Crippen LogP contribution in [-0.4, -0.2) is 73.0 Å². The predicted molar refractivity (Wildman–Crippen MR) is 220 cm³/mol. The van der Waals surface area contributed by atoms with Gasteiger partial charge in [0.25, 0.3) is 22.7 Å². The highest BCUT2D eigenvalue weighted by Crippen LogP contribution is 2.44. The molecule has 0 radical (unpaired) electrons. The molecule has 1 saturated heterocycles. The molecule has 6 aromatic rings. The van der Waals surface area contributed by atoms with E-state index in [-0.39, 0.29) is 61.7 Å². The van der Waals surface area contributed by atoms with E-state index in [0.29, 0.717) is 27.2 Å². The zero-order chi connectivity index (χ0) is 39.7. The summed E-state index contributed by atoms with van der Waals surface area (Å²) in [7, 11) is 0. The summed E-state index contributed by atoms with van der Waals surface area (Å²) >= 11 is 5.94. The molecule has 3 unspecified atom stereocenters. The van der Waals surface area contributed by atoms with Gasteiger partial charge in [0.1, 0.15) is 12.4 Å². The molecule has 2 aliphatic heterocycles. The van der Waals surface area contributed by atoms with E-state index in [1.807, 2.05) is 65.6 Å². The van der Waals surface area contributed by atoms with Crippen LogP contribution in [0.3, 0.4) is 0 Å². The summed E-state index contributed by atoms with van der Waals surface area (Å²) in [5.41, 5.74) is 1.07. The molecule has 0 bridgehead atoms. The molecule has 0 saturated carbocycles. The number of amides is 2. The highest BCUT2D eigenvalue weighted by Gasteiger charge is 2.45. The highest BCUT2D eigenvalue weighted by molar-refractivity contribution is 6.28. The minimum Gasteiger partial charge on any atom is -0.477 e. The zero-order valence-corrected chi connectivity index (χ0v) is 31.8. The Bertz CT molecular complexity index is 2880. The van der Waals surface area contributed by atoms with Crippen LogP contribution in [0.2, 0.25) is 5.28 Å². The molecule has 10 rings (SSSR count). The van der Waals surface area contributed by atoms with E-state index in [1.54, 1.807) is 34.9 Å². The van der Waals surface area contributed by atoms with Gasteiger partial charge in [-0.25, -0.2) is 0 Å². The van der Waals surface area contributed by atoms with Gasteiger partial charge in [-0.15, -0.1) is 10.2 Å². The lowest BCUT2D eigenvalue weighted by atomic mass is 9.77. The van der Waals surface area contributed by atoms with Crippen LogP contribution in [0.1, 0.15) is 20.7 Å². The second-order valence-corrected chi connectivity index (χ2v) is 15.5. The van der Waals surface area contributed by atoms with Crippen LogP contribution in [0, 0.1) is 17.3 Å². The predicted octanol–water partition coefficient (Wildman–Crippen LogP) is 6.02. The van der Waals surface area contributed by atoms with E-state index < -0.39 is 17.2 Å². The lowest BCUT2D eigenvalue weighted by molar-refractivity contribution is 0.00986. The molecule has 2 amide bonds. The standard InChI is InChI=1S/C45H34ClN7O5/c1-26-31-15-4-13-30-14-8-20-36(39(30)31)58-25-51(26)21-45(24-57-44-49-47-43(46)48-50-44,22-52-27(2)32-16-3-9-28-10-5-17-33(37(28)32)40(52)54)23-53-41(55)34-18-6-11-29-12-7-19-35(38(29)34)42(53)56/h3-20,31,39H,1-2,21-25H2. The van der Waals surface area contributed by atoms with Gasteiger partial charge in [0.05, 0.1) is 11.3 Å². The van der Waals surface area contributed by atoms with Gasteiger partial charge in [0, 0.05) is 69.3 Å². The van der Waals surface area contributed by atoms with Crippen molar-refractivity contribution >= 4 is 62.3 Å². The number of rotatable bonds is 9. The minimum absolute atomic E-state index is 0.0597. The van der Waals surface area contributed by atoms with Crippen molar-refractivity contribution in [3.63, 3.8) is 0 Å². The molecule has 0 spiro atoms. The first-order valence-electron chi connectivity index (χ1n) is 18.8. The van der Waals surface area contributed by atoms with Gasteiger partial charge in [-0.2, -0.15) is 0 Å². The van der Waals surface area contributed by atoms with Gasteiger partial charge in [-0.3, -0.25) is 19.3 Å².